The van der Waals surface area contributed by atoms with Gasteiger partial charge in [0.1, 0.15) is 11.0 Å². The molecule has 0 aliphatic heterocycles. The monoisotopic (exact) mass is 295 g/mol. The topological polar surface area (TPSA) is 54.8 Å². The van der Waals surface area contributed by atoms with E-state index in [9.17, 15) is 5.11 Å². The largest absolute Gasteiger partial charge is 0.872 e. The van der Waals surface area contributed by atoms with Crippen LogP contribution >= 0.6 is 0 Å². The Morgan fingerprint density at radius 1 is 1.18 bits per heavy atom. The van der Waals surface area contributed by atoms with Gasteiger partial charge in [-0.05, 0) is 31.0 Å². The van der Waals surface area contributed by atoms with E-state index in [1.165, 1.54) is 5.52 Å². The predicted molar refractivity (Wildman–Crippen MR) is 86.7 cm³/mol. The van der Waals surface area contributed by atoms with Crippen molar-refractivity contribution in [3.05, 3.63) is 53.6 Å². The zero-order chi connectivity index (χ0) is 15.5. The van der Waals surface area contributed by atoms with Gasteiger partial charge in [0.05, 0.1) is 13.1 Å². The van der Waals surface area contributed by atoms with Gasteiger partial charge in [-0.15, -0.1) is 5.75 Å². The van der Waals surface area contributed by atoms with E-state index >= 15 is 0 Å². The summed E-state index contributed by atoms with van der Waals surface area (Å²) in [5.41, 5.74) is 4.18. The minimum Gasteiger partial charge on any atom is -0.872 e. The zero-order valence-corrected chi connectivity index (χ0v) is 13.0. The van der Waals surface area contributed by atoms with Crippen molar-refractivity contribution in [3.63, 3.8) is 0 Å². The Bertz CT molecular complexity index is 792. The Kier molecular flexibility index (Phi) is 4.00. The molecule has 1 heterocycles. The van der Waals surface area contributed by atoms with E-state index in [0.29, 0.717) is 6.54 Å². The van der Waals surface area contributed by atoms with Crippen molar-refractivity contribution in [1.29, 1.82) is 0 Å². The van der Waals surface area contributed by atoms with Gasteiger partial charge >= 0.3 is 5.95 Å². The van der Waals surface area contributed by atoms with Gasteiger partial charge in [-0.2, -0.15) is 0 Å². The number of imidazole rings is 1. The van der Waals surface area contributed by atoms with Gasteiger partial charge in [-0.1, -0.05) is 42.8 Å². The lowest BCUT2D eigenvalue weighted by molar-refractivity contribution is -0.657. The molecule has 114 valence electrons. The molecule has 0 unspecified atom stereocenters. The average Bonchev–Trinajstić information content (AvgIpc) is 2.87. The number of nitrogens with zero attached hydrogens (tertiary/aromatic N) is 1. The van der Waals surface area contributed by atoms with Crippen LogP contribution in [0.25, 0.3) is 11.0 Å². The van der Waals surface area contributed by atoms with Crippen LogP contribution in [-0.2, 0) is 13.1 Å². The number of benzene rings is 2. The van der Waals surface area contributed by atoms with Crippen molar-refractivity contribution < 1.29 is 9.67 Å². The number of fused-ring (bicyclic) bond motifs is 1. The van der Waals surface area contributed by atoms with E-state index in [1.54, 1.807) is 6.07 Å². The summed E-state index contributed by atoms with van der Waals surface area (Å²) in [4.78, 5) is 3.40. The Labute approximate surface area is 130 Å². The van der Waals surface area contributed by atoms with Crippen molar-refractivity contribution in [3.8, 4) is 5.75 Å². The first kappa shape index (κ1) is 14.4. The van der Waals surface area contributed by atoms with E-state index in [0.717, 1.165) is 35.6 Å². The third-order valence-electron chi connectivity index (χ3n) is 3.83. The van der Waals surface area contributed by atoms with Crippen LogP contribution < -0.4 is 15.0 Å². The summed E-state index contributed by atoms with van der Waals surface area (Å²) in [6.45, 7) is 5.62. The molecule has 3 aromatic rings. The number of nitrogens with one attached hydrogen (secondary N) is 2. The Morgan fingerprint density at radius 2 is 2.00 bits per heavy atom. The fraction of sp³-hybridized carbons (Fsp3) is 0.278. The Morgan fingerprint density at radius 3 is 2.82 bits per heavy atom. The first-order valence-corrected chi connectivity index (χ1v) is 7.70. The van der Waals surface area contributed by atoms with Gasteiger partial charge in [0.2, 0.25) is 0 Å². The predicted octanol–water partition coefficient (Wildman–Crippen LogP) is 2.86. The summed E-state index contributed by atoms with van der Waals surface area (Å²) < 4.78 is 2.23. The smallest absolute Gasteiger partial charge is 0.356 e. The number of anilines is 1. The standard InChI is InChI=1S/C18H21N3O/c1-3-10-21-16-7-5-4-6-15(16)20-18(21)19-12-14-11-13(2)8-9-17(14)22/h4-9,11H,3,10,12H2,1-2H3,(H2,19,20,22). The third kappa shape index (κ3) is 2.77. The molecule has 0 fully saturated rings. The fourth-order valence-corrected chi connectivity index (χ4v) is 2.75. The number of hydrogen-bond acceptors (Lipinski definition) is 2. The van der Waals surface area contributed by atoms with Crippen LogP contribution in [0.1, 0.15) is 24.5 Å². The molecule has 4 heteroatoms. The highest BCUT2D eigenvalue weighted by atomic mass is 16.3. The zero-order valence-electron chi connectivity index (χ0n) is 13.0. The van der Waals surface area contributed by atoms with Crippen LogP contribution in [0.5, 0.6) is 5.75 Å². The molecule has 0 amide bonds. The van der Waals surface area contributed by atoms with Crippen LogP contribution in [0, 0.1) is 6.92 Å². The Hall–Kier alpha value is -2.49. The van der Waals surface area contributed by atoms with Crippen molar-refractivity contribution in [1.82, 2.24) is 4.98 Å². The number of H-pyrrole nitrogens is 1. The highest BCUT2D eigenvalue weighted by Crippen LogP contribution is 2.18. The lowest BCUT2D eigenvalue weighted by Crippen LogP contribution is -2.35. The maximum atomic E-state index is 11.9. The first-order chi connectivity index (χ1) is 10.7. The summed E-state index contributed by atoms with van der Waals surface area (Å²) in [5, 5.41) is 15.3. The molecule has 22 heavy (non-hydrogen) atoms. The van der Waals surface area contributed by atoms with Gasteiger partial charge in [0.25, 0.3) is 0 Å². The van der Waals surface area contributed by atoms with E-state index < -0.39 is 0 Å². The highest BCUT2D eigenvalue weighted by Gasteiger charge is 2.15. The van der Waals surface area contributed by atoms with Gasteiger partial charge in [-0.25, -0.2) is 9.55 Å². The number of rotatable bonds is 5. The lowest BCUT2D eigenvalue weighted by atomic mass is 10.1. The van der Waals surface area contributed by atoms with Crippen molar-refractivity contribution >= 4 is 17.0 Å². The maximum absolute atomic E-state index is 11.9. The molecule has 0 saturated heterocycles. The summed E-state index contributed by atoms with van der Waals surface area (Å²) >= 11 is 0. The molecule has 0 aliphatic rings. The van der Waals surface area contributed by atoms with Gasteiger partial charge < -0.3 is 5.11 Å². The molecule has 0 bridgehead atoms. The lowest BCUT2D eigenvalue weighted by Gasteiger charge is -2.13. The third-order valence-corrected chi connectivity index (χ3v) is 3.83. The normalized spacial score (nSPS) is 11.0. The van der Waals surface area contributed by atoms with E-state index in [2.05, 4.69) is 33.9 Å². The molecule has 3 rings (SSSR count). The second-order valence-electron chi connectivity index (χ2n) is 5.61. The number of aromatic amines is 1. The minimum atomic E-state index is 0.0799. The second kappa shape index (κ2) is 6.10. The number of hydrogen-bond donors (Lipinski definition) is 2. The van der Waals surface area contributed by atoms with Crippen LogP contribution in [0.3, 0.4) is 0 Å². The number of aromatic nitrogens is 2. The van der Waals surface area contributed by atoms with Crippen molar-refractivity contribution in [2.45, 2.75) is 33.4 Å². The molecular weight excluding hydrogens is 274 g/mol. The first-order valence-electron chi connectivity index (χ1n) is 7.70. The SMILES string of the molecule is CCC[n+]1c(NCc2cc(C)ccc2[O-])[nH]c2ccccc21. The van der Waals surface area contributed by atoms with Gasteiger partial charge in [-0.3, -0.25) is 5.32 Å². The molecular formula is C18H21N3O. The number of aryl methyl sites for hydroxylation is 2. The summed E-state index contributed by atoms with van der Waals surface area (Å²) in [7, 11) is 0. The van der Waals surface area contributed by atoms with E-state index in [1.807, 2.05) is 31.2 Å². The van der Waals surface area contributed by atoms with E-state index in [4.69, 9.17) is 0 Å². The van der Waals surface area contributed by atoms with Crippen molar-refractivity contribution in [2.75, 3.05) is 5.32 Å². The van der Waals surface area contributed by atoms with Crippen molar-refractivity contribution in [2.24, 2.45) is 0 Å². The van der Waals surface area contributed by atoms with Crippen LogP contribution in [0.4, 0.5) is 5.95 Å². The van der Waals surface area contributed by atoms with Crippen LogP contribution in [-0.4, -0.2) is 4.98 Å². The summed E-state index contributed by atoms with van der Waals surface area (Å²) in [6, 6.07) is 13.7. The molecule has 2 aromatic carbocycles. The molecule has 0 aliphatic carbocycles. The molecule has 1 aromatic heterocycles. The average molecular weight is 295 g/mol. The molecule has 0 spiro atoms. The molecule has 4 nitrogen and oxygen atoms in total. The number of para-hydroxylation sites is 2. The Balaban J connectivity index is 1.90. The minimum absolute atomic E-state index is 0.0799. The molecule has 2 N–H and O–H groups in total. The quantitative estimate of drug-likeness (QED) is 0.711. The highest BCUT2D eigenvalue weighted by molar-refractivity contribution is 5.72. The van der Waals surface area contributed by atoms with Crippen LogP contribution in [0.15, 0.2) is 42.5 Å². The molecule has 0 saturated carbocycles. The fourth-order valence-electron chi connectivity index (χ4n) is 2.75. The maximum Gasteiger partial charge on any atom is 0.356 e. The van der Waals surface area contributed by atoms with Gasteiger partial charge in [0.15, 0.2) is 0 Å². The second-order valence-corrected chi connectivity index (χ2v) is 5.61. The summed E-state index contributed by atoms with van der Waals surface area (Å²) in [5.74, 6) is 1.03. The summed E-state index contributed by atoms with van der Waals surface area (Å²) in [6.07, 6.45) is 1.05. The van der Waals surface area contributed by atoms with Gasteiger partial charge in [0, 0.05) is 0 Å². The van der Waals surface area contributed by atoms with Crippen LogP contribution in [0.2, 0.25) is 0 Å². The van der Waals surface area contributed by atoms with E-state index in [-0.39, 0.29) is 5.75 Å². The molecule has 0 atom stereocenters. The molecule has 0 radical (unpaired) electrons.